The molecule has 0 bridgehead atoms. The van der Waals surface area contributed by atoms with Crippen LogP contribution < -0.4 is 0 Å². The van der Waals surface area contributed by atoms with Crippen LogP contribution >= 0.6 is 0 Å². The zero-order chi connectivity index (χ0) is 13.0. The topological polar surface area (TPSA) is 37.3 Å². The number of carboxylic acid groups (broad SMARTS) is 1. The normalized spacial score (nSPS) is 10.7. The van der Waals surface area contributed by atoms with E-state index in [1.165, 1.54) is 18.2 Å². The van der Waals surface area contributed by atoms with Gasteiger partial charge in [0.1, 0.15) is 5.82 Å². The molecule has 2 nitrogen and oxygen atoms in total. The van der Waals surface area contributed by atoms with Crippen LogP contribution in [0.25, 0.3) is 17.2 Å². The minimum atomic E-state index is -1.01. The minimum Gasteiger partial charge on any atom is -0.478 e. The maximum absolute atomic E-state index is 13.2. The van der Waals surface area contributed by atoms with Gasteiger partial charge in [-0.05, 0) is 34.9 Å². The van der Waals surface area contributed by atoms with Crippen LogP contribution in [0.15, 0.2) is 54.6 Å². The number of benzene rings is 2. The summed E-state index contributed by atoms with van der Waals surface area (Å²) in [7, 11) is 0. The molecule has 2 aromatic rings. The second-order valence-electron chi connectivity index (χ2n) is 3.77. The van der Waals surface area contributed by atoms with Crippen molar-refractivity contribution in [2.24, 2.45) is 0 Å². The second-order valence-corrected chi connectivity index (χ2v) is 3.77. The van der Waals surface area contributed by atoms with E-state index in [2.05, 4.69) is 0 Å². The molecule has 0 aliphatic carbocycles. The van der Waals surface area contributed by atoms with Crippen molar-refractivity contribution in [2.75, 3.05) is 0 Å². The van der Waals surface area contributed by atoms with Crippen molar-refractivity contribution in [3.8, 4) is 11.1 Å². The van der Waals surface area contributed by atoms with E-state index < -0.39 is 5.97 Å². The summed E-state index contributed by atoms with van der Waals surface area (Å²) in [6, 6.07) is 13.5. The van der Waals surface area contributed by atoms with Gasteiger partial charge in [0.25, 0.3) is 0 Å². The van der Waals surface area contributed by atoms with Crippen LogP contribution in [0.1, 0.15) is 5.56 Å². The molecule has 1 N–H and O–H groups in total. The van der Waals surface area contributed by atoms with Gasteiger partial charge in [-0.25, -0.2) is 9.18 Å². The molecule has 90 valence electrons. The molecule has 0 unspecified atom stereocenters. The average Bonchev–Trinajstić information content (AvgIpc) is 2.36. The smallest absolute Gasteiger partial charge is 0.328 e. The largest absolute Gasteiger partial charge is 0.478 e. The van der Waals surface area contributed by atoms with E-state index >= 15 is 0 Å². The van der Waals surface area contributed by atoms with Crippen LogP contribution in [0.5, 0.6) is 0 Å². The number of rotatable bonds is 3. The fourth-order valence-corrected chi connectivity index (χ4v) is 1.72. The van der Waals surface area contributed by atoms with E-state index in [9.17, 15) is 9.18 Å². The zero-order valence-electron chi connectivity index (χ0n) is 9.51. The Labute approximate surface area is 104 Å². The molecular formula is C15H11FO2. The SMILES string of the molecule is O=C(O)/C=C/c1ccccc1-c1cccc(F)c1. The first kappa shape index (κ1) is 12.0. The first-order chi connectivity index (χ1) is 8.66. The van der Waals surface area contributed by atoms with Crippen molar-refractivity contribution >= 4 is 12.0 Å². The molecule has 0 heterocycles. The van der Waals surface area contributed by atoms with Crippen LogP contribution in [-0.4, -0.2) is 11.1 Å². The molecule has 2 rings (SSSR count). The third-order valence-electron chi connectivity index (χ3n) is 2.50. The average molecular weight is 242 g/mol. The predicted octanol–water partition coefficient (Wildman–Crippen LogP) is 3.59. The van der Waals surface area contributed by atoms with Crippen LogP contribution in [-0.2, 0) is 4.79 Å². The Kier molecular flexibility index (Phi) is 3.53. The second kappa shape index (κ2) is 5.27. The number of halogens is 1. The molecule has 0 saturated heterocycles. The summed E-state index contributed by atoms with van der Waals surface area (Å²) in [5.41, 5.74) is 2.26. The quantitative estimate of drug-likeness (QED) is 0.835. The van der Waals surface area contributed by atoms with Gasteiger partial charge in [0, 0.05) is 6.08 Å². The molecule has 0 fully saturated rings. The zero-order valence-corrected chi connectivity index (χ0v) is 9.51. The molecule has 0 aromatic heterocycles. The lowest BCUT2D eigenvalue weighted by Crippen LogP contribution is -1.88. The van der Waals surface area contributed by atoms with Crippen molar-refractivity contribution in [1.82, 2.24) is 0 Å². The van der Waals surface area contributed by atoms with Gasteiger partial charge in [-0.2, -0.15) is 0 Å². The number of hydrogen-bond donors (Lipinski definition) is 1. The fraction of sp³-hybridized carbons (Fsp3) is 0. The van der Waals surface area contributed by atoms with E-state index in [0.29, 0.717) is 0 Å². The number of hydrogen-bond acceptors (Lipinski definition) is 1. The van der Waals surface area contributed by atoms with Gasteiger partial charge in [0.2, 0.25) is 0 Å². The van der Waals surface area contributed by atoms with Crippen LogP contribution in [0.3, 0.4) is 0 Å². The molecule has 0 spiro atoms. The van der Waals surface area contributed by atoms with E-state index in [1.54, 1.807) is 18.2 Å². The lowest BCUT2D eigenvalue weighted by Gasteiger charge is -2.06. The standard InChI is InChI=1S/C15H11FO2/c16-13-6-3-5-12(10-13)14-7-2-1-4-11(14)8-9-15(17)18/h1-10H,(H,17,18)/b9-8+. The van der Waals surface area contributed by atoms with Crippen LogP contribution in [0.4, 0.5) is 4.39 Å². The maximum Gasteiger partial charge on any atom is 0.328 e. The Morgan fingerprint density at radius 3 is 2.61 bits per heavy atom. The maximum atomic E-state index is 13.2. The molecule has 0 atom stereocenters. The minimum absolute atomic E-state index is 0.315. The first-order valence-electron chi connectivity index (χ1n) is 5.43. The molecule has 18 heavy (non-hydrogen) atoms. The van der Waals surface area contributed by atoms with E-state index in [-0.39, 0.29) is 5.82 Å². The highest BCUT2D eigenvalue weighted by Crippen LogP contribution is 2.25. The fourth-order valence-electron chi connectivity index (χ4n) is 1.72. The number of carboxylic acids is 1. The lowest BCUT2D eigenvalue weighted by molar-refractivity contribution is -0.131. The van der Waals surface area contributed by atoms with Gasteiger partial charge in [0.05, 0.1) is 0 Å². The Morgan fingerprint density at radius 2 is 1.89 bits per heavy atom. The predicted molar refractivity (Wildman–Crippen MR) is 68.5 cm³/mol. The van der Waals surface area contributed by atoms with Gasteiger partial charge >= 0.3 is 5.97 Å². The molecule has 3 heteroatoms. The van der Waals surface area contributed by atoms with E-state index in [1.807, 2.05) is 18.2 Å². The van der Waals surface area contributed by atoms with Gasteiger partial charge in [0.15, 0.2) is 0 Å². The summed E-state index contributed by atoms with van der Waals surface area (Å²) in [5, 5.41) is 8.63. The van der Waals surface area contributed by atoms with Gasteiger partial charge in [-0.3, -0.25) is 0 Å². The van der Waals surface area contributed by atoms with E-state index in [0.717, 1.165) is 22.8 Å². The highest BCUT2D eigenvalue weighted by Gasteiger charge is 2.03. The summed E-state index contributed by atoms with van der Waals surface area (Å²) in [6.07, 6.45) is 2.57. The number of aliphatic carboxylic acids is 1. The summed E-state index contributed by atoms with van der Waals surface area (Å²) in [4.78, 5) is 10.5. The molecule has 0 saturated carbocycles. The first-order valence-corrected chi connectivity index (χ1v) is 5.43. The highest BCUT2D eigenvalue weighted by atomic mass is 19.1. The summed E-state index contributed by atoms with van der Waals surface area (Å²) >= 11 is 0. The molecule has 0 aliphatic heterocycles. The molecular weight excluding hydrogens is 231 g/mol. The van der Waals surface area contributed by atoms with Crippen molar-refractivity contribution in [3.63, 3.8) is 0 Å². The monoisotopic (exact) mass is 242 g/mol. The summed E-state index contributed by atoms with van der Waals surface area (Å²) < 4.78 is 13.2. The molecule has 0 amide bonds. The lowest BCUT2D eigenvalue weighted by atomic mass is 9.99. The third-order valence-corrected chi connectivity index (χ3v) is 2.50. The van der Waals surface area contributed by atoms with Crippen LogP contribution in [0, 0.1) is 5.82 Å². The summed E-state index contributed by atoms with van der Waals surface area (Å²) in [5.74, 6) is -1.33. The number of carbonyl (C=O) groups is 1. The van der Waals surface area contributed by atoms with Gasteiger partial charge in [-0.15, -0.1) is 0 Å². The Bertz CT molecular complexity index is 603. The van der Waals surface area contributed by atoms with E-state index in [4.69, 9.17) is 5.11 Å². The molecule has 0 radical (unpaired) electrons. The summed E-state index contributed by atoms with van der Waals surface area (Å²) in [6.45, 7) is 0. The highest BCUT2D eigenvalue weighted by molar-refractivity contribution is 5.87. The van der Waals surface area contributed by atoms with Crippen molar-refractivity contribution < 1.29 is 14.3 Å². The van der Waals surface area contributed by atoms with Crippen molar-refractivity contribution in [3.05, 3.63) is 66.0 Å². The third kappa shape index (κ3) is 2.83. The van der Waals surface area contributed by atoms with Crippen molar-refractivity contribution in [2.45, 2.75) is 0 Å². The van der Waals surface area contributed by atoms with Gasteiger partial charge in [-0.1, -0.05) is 36.4 Å². The molecule has 0 aliphatic rings. The van der Waals surface area contributed by atoms with Gasteiger partial charge < -0.3 is 5.11 Å². The van der Waals surface area contributed by atoms with Crippen LogP contribution in [0.2, 0.25) is 0 Å². The Morgan fingerprint density at radius 1 is 1.11 bits per heavy atom. The Hall–Kier alpha value is -2.42. The Balaban J connectivity index is 2.48. The van der Waals surface area contributed by atoms with Crippen molar-refractivity contribution in [1.29, 1.82) is 0 Å². The molecule has 2 aromatic carbocycles.